The van der Waals surface area contributed by atoms with Crippen molar-refractivity contribution in [2.24, 2.45) is 0 Å². The molecule has 10 heteroatoms. The first kappa shape index (κ1) is 29.8. The van der Waals surface area contributed by atoms with Crippen molar-refractivity contribution in [2.45, 2.75) is 57.9 Å². The Hall–Kier alpha value is -3.27. The topological polar surface area (TPSA) is 143 Å². The monoisotopic (exact) mass is 490 g/mol. The van der Waals surface area contributed by atoms with Crippen LogP contribution in [0.5, 0.6) is 0 Å². The fourth-order valence-electron chi connectivity index (χ4n) is 3.06. The highest BCUT2D eigenvalue weighted by atomic mass is 16.5. The average Bonchev–Trinajstić information content (AvgIpc) is 2.85. The van der Waals surface area contributed by atoms with Crippen molar-refractivity contribution < 1.29 is 28.7 Å². The number of benzene rings is 1. The van der Waals surface area contributed by atoms with Gasteiger partial charge in [0, 0.05) is 52.6 Å². The smallest absolute Gasteiger partial charge is 0.246 e. The molecular weight excluding hydrogens is 452 g/mol. The molecule has 0 atom stereocenters. The largest absolute Gasteiger partial charge is 0.372 e. The minimum absolute atomic E-state index is 0.0433. The number of hydrogen-bond acceptors (Lipinski definition) is 6. The third kappa shape index (κ3) is 16.1. The summed E-state index contributed by atoms with van der Waals surface area (Å²) in [6.45, 7) is 1.49. The molecule has 35 heavy (non-hydrogen) atoms. The Morgan fingerprint density at radius 2 is 1.49 bits per heavy atom. The zero-order valence-electron chi connectivity index (χ0n) is 20.5. The molecule has 4 amide bonds. The van der Waals surface area contributed by atoms with E-state index in [4.69, 9.17) is 4.74 Å². The van der Waals surface area contributed by atoms with E-state index in [1.807, 2.05) is 24.3 Å². The molecule has 1 rings (SSSR count). The molecule has 10 nitrogen and oxygen atoms in total. The molecule has 0 aromatic heterocycles. The van der Waals surface area contributed by atoms with Gasteiger partial charge < -0.3 is 30.8 Å². The molecule has 0 aliphatic carbocycles. The summed E-state index contributed by atoms with van der Waals surface area (Å²) in [5, 5.41) is 10.8. The molecule has 194 valence electrons. The average molecular weight is 491 g/mol. The van der Waals surface area contributed by atoms with E-state index in [-0.39, 0.29) is 43.1 Å². The van der Waals surface area contributed by atoms with Crippen molar-refractivity contribution in [2.75, 3.05) is 33.4 Å². The lowest BCUT2D eigenvalue weighted by Gasteiger charge is -2.08. The van der Waals surface area contributed by atoms with Gasteiger partial charge in [0.05, 0.1) is 6.42 Å². The predicted molar refractivity (Wildman–Crippen MR) is 131 cm³/mol. The number of aldehydes is 1. The molecule has 0 saturated heterocycles. The van der Waals surface area contributed by atoms with Gasteiger partial charge in [-0.2, -0.15) is 0 Å². The van der Waals surface area contributed by atoms with Gasteiger partial charge in [-0.05, 0) is 30.4 Å². The molecule has 0 aliphatic heterocycles. The summed E-state index contributed by atoms with van der Waals surface area (Å²) in [5.41, 5.74) is 1.73. The first-order valence-corrected chi connectivity index (χ1v) is 12.0. The van der Waals surface area contributed by atoms with Crippen molar-refractivity contribution in [1.29, 1.82) is 0 Å². The zero-order valence-corrected chi connectivity index (χ0v) is 20.5. The molecule has 0 spiro atoms. The normalized spacial score (nSPS) is 10.3. The first-order valence-electron chi connectivity index (χ1n) is 12.0. The Balaban J connectivity index is 2.09. The Bertz CT molecular complexity index is 798. The SMILES string of the molecule is CNC(=O)CCNC(=O)Cc1ccc(CNC(=O)COCCCC(=O)NCCCCCC=O)cc1. The summed E-state index contributed by atoms with van der Waals surface area (Å²) >= 11 is 0. The number of unbranched alkanes of at least 4 members (excludes halogenated alkanes) is 3. The number of rotatable bonds is 19. The minimum Gasteiger partial charge on any atom is -0.372 e. The Morgan fingerprint density at radius 3 is 2.20 bits per heavy atom. The van der Waals surface area contributed by atoms with E-state index in [0.717, 1.165) is 36.7 Å². The van der Waals surface area contributed by atoms with Crippen LogP contribution in [0.15, 0.2) is 24.3 Å². The van der Waals surface area contributed by atoms with E-state index in [0.29, 0.717) is 45.5 Å². The number of nitrogens with one attached hydrogen (secondary N) is 4. The Labute approximate surface area is 206 Å². The molecule has 0 fully saturated rings. The van der Waals surface area contributed by atoms with Crippen molar-refractivity contribution in [3.63, 3.8) is 0 Å². The lowest BCUT2D eigenvalue weighted by atomic mass is 10.1. The van der Waals surface area contributed by atoms with E-state index in [2.05, 4.69) is 21.3 Å². The second-order valence-corrected chi connectivity index (χ2v) is 8.07. The van der Waals surface area contributed by atoms with Crippen molar-refractivity contribution in [1.82, 2.24) is 21.3 Å². The molecule has 0 bridgehead atoms. The predicted octanol–water partition coefficient (Wildman–Crippen LogP) is 0.770. The highest BCUT2D eigenvalue weighted by molar-refractivity contribution is 5.80. The number of amides is 4. The zero-order chi connectivity index (χ0) is 25.7. The lowest BCUT2D eigenvalue weighted by molar-refractivity contribution is -0.126. The third-order valence-corrected chi connectivity index (χ3v) is 5.08. The molecule has 0 radical (unpaired) electrons. The van der Waals surface area contributed by atoms with E-state index >= 15 is 0 Å². The maximum absolute atomic E-state index is 11.9. The number of hydrogen-bond donors (Lipinski definition) is 4. The van der Waals surface area contributed by atoms with Crippen LogP contribution in [0.25, 0.3) is 0 Å². The van der Waals surface area contributed by atoms with E-state index in [9.17, 15) is 24.0 Å². The molecule has 0 saturated carbocycles. The molecule has 1 aromatic rings. The van der Waals surface area contributed by atoms with E-state index < -0.39 is 0 Å². The van der Waals surface area contributed by atoms with Crippen LogP contribution in [0.2, 0.25) is 0 Å². The van der Waals surface area contributed by atoms with E-state index in [1.54, 1.807) is 7.05 Å². The van der Waals surface area contributed by atoms with Gasteiger partial charge in [-0.25, -0.2) is 0 Å². The number of carbonyl (C=O) groups is 5. The van der Waals surface area contributed by atoms with Crippen molar-refractivity contribution >= 4 is 29.9 Å². The molecule has 4 N–H and O–H groups in total. The standard InChI is InChI=1S/C25H38N4O6/c1-26-22(31)12-14-28-24(33)17-20-8-10-21(11-9-20)18-29-25(34)19-35-16-6-7-23(32)27-13-4-2-3-5-15-30/h8-11,15H,2-7,12-14,16-19H2,1H3,(H,26,31)(H,27,32)(H,28,33)(H,29,34). The van der Waals surface area contributed by atoms with Crippen molar-refractivity contribution in [3.05, 3.63) is 35.4 Å². The van der Waals surface area contributed by atoms with Crippen LogP contribution >= 0.6 is 0 Å². The maximum Gasteiger partial charge on any atom is 0.246 e. The van der Waals surface area contributed by atoms with Crippen molar-refractivity contribution in [3.8, 4) is 0 Å². The van der Waals surface area contributed by atoms with Gasteiger partial charge in [-0.3, -0.25) is 19.2 Å². The summed E-state index contributed by atoms with van der Waals surface area (Å²) in [6, 6.07) is 7.34. The van der Waals surface area contributed by atoms with Gasteiger partial charge in [0.15, 0.2) is 0 Å². The van der Waals surface area contributed by atoms with Crippen LogP contribution in [-0.2, 0) is 41.7 Å². The van der Waals surface area contributed by atoms with E-state index in [1.165, 1.54) is 0 Å². The second kappa shape index (κ2) is 19.1. The maximum atomic E-state index is 11.9. The van der Waals surface area contributed by atoms with Gasteiger partial charge >= 0.3 is 0 Å². The number of ether oxygens (including phenoxy) is 1. The third-order valence-electron chi connectivity index (χ3n) is 5.08. The van der Waals surface area contributed by atoms with Gasteiger partial charge in [-0.15, -0.1) is 0 Å². The van der Waals surface area contributed by atoms with Gasteiger partial charge in [0.1, 0.15) is 12.9 Å². The van der Waals surface area contributed by atoms with Crippen LogP contribution < -0.4 is 21.3 Å². The molecule has 1 aromatic carbocycles. The quantitative estimate of drug-likeness (QED) is 0.167. The highest BCUT2D eigenvalue weighted by Gasteiger charge is 2.06. The molecule has 0 heterocycles. The van der Waals surface area contributed by atoms with Crippen LogP contribution in [0.3, 0.4) is 0 Å². The first-order chi connectivity index (χ1) is 16.9. The van der Waals surface area contributed by atoms with Crippen LogP contribution in [0.1, 0.15) is 56.1 Å². The summed E-state index contributed by atoms with van der Waals surface area (Å²) < 4.78 is 5.33. The highest BCUT2D eigenvalue weighted by Crippen LogP contribution is 2.05. The Kier molecular flexibility index (Phi) is 16.2. The van der Waals surface area contributed by atoms with Gasteiger partial charge in [0.25, 0.3) is 0 Å². The van der Waals surface area contributed by atoms with Gasteiger partial charge in [-0.1, -0.05) is 30.7 Å². The van der Waals surface area contributed by atoms with Gasteiger partial charge in [0.2, 0.25) is 23.6 Å². The summed E-state index contributed by atoms with van der Waals surface area (Å²) in [7, 11) is 1.55. The van der Waals surface area contributed by atoms with Crippen LogP contribution in [-0.4, -0.2) is 63.3 Å². The molecular formula is C25H38N4O6. The lowest BCUT2D eigenvalue weighted by Crippen LogP contribution is -2.30. The Morgan fingerprint density at radius 1 is 0.771 bits per heavy atom. The van der Waals surface area contributed by atoms with Crippen LogP contribution in [0, 0.1) is 0 Å². The minimum atomic E-state index is -0.246. The second-order valence-electron chi connectivity index (χ2n) is 8.07. The number of carbonyl (C=O) groups excluding carboxylic acids is 5. The summed E-state index contributed by atoms with van der Waals surface area (Å²) in [6.07, 6.45) is 5.42. The summed E-state index contributed by atoms with van der Waals surface area (Å²) in [5.74, 6) is -0.571. The molecule has 0 aliphatic rings. The van der Waals surface area contributed by atoms with Crippen LogP contribution in [0.4, 0.5) is 0 Å². The fraction of sp³-hybridized carbons (Fsp3) is 0.560. The fourth-order valence-corrected chi connectivity index (χ4v) is 3.06. The molecule has 0 unspecified atom stereocenters. The summed E-state index contributed by atoms with van der Waals surface area (Å²) in [4.78, 5) is 56.9.